The molecule has 2 amide bonds. The van der Waals surface area contributed by atoms with Gasteiger partial charge in [0.05, 0.1) is 12.1 Å². The Balaban J connectivity index is 1.64. The predicted octanol–water partition coefficient (Wildman–Crippen LogP) is 3.24. The van der Waals surface area contributed by atoms with E-state index in [1.54, 1.807) is 18.2 Å². The fourth-order valence-electron chi connectivity index (χ4n) is 4.03. The lowest BCUT2D eigenvalue weighted by Crippen LogP contribution is -2.49. The van der Waals surface area contributed by atoms with Gasteiger partial charge in [-0.1, -0.05) is 38.2 Å². The number of amides is 2. The third-order valence-corrected chi connectivity index (χ3v) is 5.61. The summed E-state index contributed by atoms with van der Waals surface area (Å²) in [5.74, 6) is -0.0491. The van der Waals surface area contributed by atoms with E-state index in [9.17, 15) is 14.7 Å². The van der Waals surface area contributed by atoms with E-state index in [4.69, 9.17) is 0 Å². The highest BCUT2D eigenvalue weighted by Crippen LogP contribution is 2.30. The molecule has 5 heteroatoms. The number of aliphatic hydroxyl groups excluding tert-OH is 1. The van der Waals surface area contributed by atoms with E-state index in [0.717, 1.165) is 51.4 Å². The minimum atomic E-state index is -0.488. The average molecular weight is 344 g/mol. The first-order valence-corrected chi connectivity index (χ1v) is 9.46. The van der Waals surface area contributed by atoms with Gasteiger partial charge >= 0.3 is 0 Å². The number of carbonyl (C=O) groups excluding carboxylic acids is 2. The van der Waals surface area contributed by atoms with Crippen molar-refractivity contribution in [2.75, 3.05) is 11.9 Å². The SMILES string of the molecule is O=C(NC1(CO)CCCC1)c1cccc(NC(=O)C2CCCCC2)c1. The zero-order valence-corrected chi connectivity index (χ0v) is 14.7. The summed E-state index contributed by atoms with van der Waals surface area (Å²) in [6.45, 7) is -0.0309. The Morgan fingerprint density at radius 2 is 1.80 bits per heavy atom. The zero-order chi connectivity index (χ0) is 17.7. The van der Waals surface area contributed by atoms with Gasteiger partial charge in [-0.15, -0.1) is 0 Å². The molecule has 0 spiro atoms. The summed E-state index contributed by atoms with van der Waals surface area (Å²) in [6, 6.07) is 7.06. The van der Waals surface area contributed by atoms with Gasteiger partial charge in [-0.25, -0.2) is 0 Å². The van der Waals surface area contributed by atoms with Crippen LogP contribution in [0.4, 0.5) is 5.69 Å². The number of nitrogens with one attached hydrogen (secondary N) is 2. The monoisotopic (exact) mass is 344 g/mol. The van der Waals surface area contributed by atoms with Crippen LogP contribution in [0.15, 0.2) is 24.3 Å². The number of hydrogen-bond acceptors (Lipinski definition) is 3. The topological polar surface area (TPSA) is 78.4 Å². The number of benzene rings is 1. The number of carbonyl (C=O) groups is 2. The lowest BCUT2D eigenvalue weighted by Gasteiger charge is -2.28. The van der Waals surface area contributed by atoms with E-state index < -0.39 is 5.54 Å². The van der Waals surface area contributed by atoms with E-state index in [1.165, 1.54) is 6.42 Å². The minimum Gasteiger partial charge on any atom is -0.394 e. The van der Waals surface area contributed by atoms with Gasteiger partial charge in [-0.2, -0.15) is 0 Å². The molecule has 1 aromatic rings. The van der Waals surface area contributed by atoms with Crippen LogP contribution in [0.2, 0.25) is 0 Å². The van der Waals surface area contributed by atoms with E-state index in [0.29, 0.717) is 11.3 Å². The lowest BCUT2D eigenvalue weighted by molar-refractivity contribution is -0.120. The Morgan fingerprint density at radius 3 is 2.48 bits per heavy atom. The molecular formula is C20H28N2O3. The van der Waals surface area contributed by atoms with Crippen molar-refractivity contribution in [3.63, 3.8) is 0 Å². The van der Waals surface area contributed by atoms with Gasteiger partial charge < -0.3 is 15.7 Å². The molecule has 0 aliphatic heterocycles. The molecule has 2 aliphatic rings. The quantitative estimate of drug-likeness (QED) is 0.767. The van der Waals surface area contributed by atoms with Crippen molar-refractivity contribution in [2.24, 2.45) is 5.92 Å². The summed E-state index contributed by atoms with van der Waals surface area (Å²) in [5.41, 5.74) is 0.687. The molecule has 0 saturated heterocycles. The third kappa shape index (κ3) is 4.40. The van der Waals surface area contributed by atoms with Crippen molar-refractivity contribution in [1.29, 1.82) is 0 Å². The van der Waals surface area contributed by atoms with Crippen molar-refractivity contribution in [1.82, 2.24) is 5.32 Å². The molecule has 2 fully saturated rings. The van der Waals surface area contributed by atoms with Crippen LogP contribution in [0.1, 0.15) is 68.1 Å². The first-order chi connectivity index (χ1) is 12.1. The highest BCUT2D eigenvalue weighted by Gasteiger charge is 2.34. The molecule has 0 radical (unpaired) electrons. The van der Waals surface area contributed by atoms with Crippen LogP contribution < -0.4 is 10.6 Å². The molecule has 3 N–H and O–H groups in total. The van der Waals surface area contributed by atoms with Crippen LogP contribution >= 0.6 is 0 Å². The number of rotatable bonds is 5. The van der Waals surface area contributed by atoms with Crippen LogP contribution in [-0.2, 0) is 4.79 Å². The van der Waals surface area contributed by atoms with Crippen LogP contribution in [0, 0.1) is 5.92 Å². The van der Waals surface area contributed by atoms with Crippen molar-refractivity contribution in [3.8, 4) is 0 Å². The van der Waals surface area contributed by atoms with Gasteiger partial charge in [0.1, 0.15) is 0 Å². The Labute approximate surface area is 149 Å². The summed E-state index contributed by atoms with van der Waals surface area (Å²) < 4.78 is 0. The normalized spacial score (nSPS) is 20.2. The van der Waals surface area contributed by atoms with E-state index >= 15 is 0 Å². The number of hydrogen-bond donors (Lipinski definition) is 3. The standard InChI is InChI=1S/C20H28N2O3/c23-14-20(11-4-5-12-20)22-19(25)16-9-6-10-17(13-16)21-18(24)15-7-2-1-3-8-15/h6,9-10,13,15,23H,1-5,7-8,11-12,14H2,(H,21,24)(H,22,25). The summed E-state index contributed by atoms with van der Waals surface area (Å²) in [5, 5.41) is 15.6. The summed E-state index contributed by atoms with van der Waals surface area (Å²) in [6.07, 6.45) is 9.02. The maximum atomic E-state index is 12.6. The van der Waals surface area contributed by atoms with E-state index in [2.05, 4.69) is 10.6 Å². The molecule has 5 nitrogen and oxygen atoms in total. The third-order valence-electron chi connectivity index (χ3n) is 5.61. The van der Waals surface area contributed by atoms with Crippen molar-refractivity contribution in [3.05, 3.63) is 29.8 Å². The Kier molecular flexibility index (Phi) is 5.74. The molecule has 136 valence electrons. The molecule has 3 rings (SSSR count). The highest BCUT2D eigenvalue weighted by atomic mass is 16.3. The summed E-state index contributed by atoms with van der Waals surface area (Å²) in [7, 11) is 0. The second-order valence-electron chi connectivity index (χ2n) is 7.50. The molecule has 0 aromatic heterocycles. The van der Waals surface area contributed by atoms with E-state index in [1.807, 2.05) is 6.07 Å². The van der Waals surface area contributed by atoms with Crippen LogP contribution in [0.5, 0.6) is 0 Å². The van der Waals surface area contributed by atoms with Crippen LogP contribution in [-0.4, -0.2) is 29.1 Å². The second-order valence-corrected chi connectivity index (χ2v) is 7.50. The number of aliphatic hydroxyl groups is 1. The second kappa shape index (κ2) is 8.00. The van der Waals surface area contributed by atoms with Gasteiger partial charge in [0, 0.05) is 17.2 Å². The largest absolute Gasteiger partial charge is 0.394 e. The molecule has 2 saturated carbocycles. The molecular weight excluding hydrogens is 316 g/mol. The molecule has 2 aliphatic carbocycles. The smallest absolute Gasteiger partial charge is 0.251 e. The van der Waals surface area contributed by atoms with Crippen molar-refractivity contribution in [2.45, 2.75) is 63.3 Å². The fraction of sp³-hybridized carbons (Fsp3) is 0.600. The van der Waals surface area contributed by atoms with E-state index in [-0.39, 0.29) is 24.3 Å². The maximum Gasteiger partial charge on any atom is 0.251 e. The molecule has 0 atom stereocenters. The molecule has 25 heavy (non-hydrogen) atoms. The summed E-state index contributed by atoms with van der Waals surface area (Å²) >= 11 is 0. The fourth-order valence-corrected chi connectivity index (χ4v) is 4.03. The first-order valence-electron chi connectivity index (χ1n) is 9.46. The first kappa shape index (κ1) is 17.9. The zero-order valence-electron chi connectivity index (χ0n) is 14.7. The Hall–Kier alpha value is -1.88. The maximum absolute atomic E-state index is 12.6. The van der Waals surface area contributed by atoms with Crippen LogP contribution in [0.25, 0.3) is 0 Å². The average Bonchev–Trinajstić information content (AvgIpc) is 3.11. The Morgan fingerprint density at radius 1 is 1.08 bits per heavy atom. The van der Waals surface area contributed by atoms with Crippen molar-refractivity contribution >= 4 is 17.5 Å². The summed E-state index contributed by atoms with van der Waals surface area (Å²) in [4.78, 5) is 24.9. The van der Waals surface area contributed by atoms with Gasteiger partial charge in [-0.05, 0) is 43.9 Å². The highest BCUT2D eigenvalue weighted by molar-refractivity contribution is 5.98. The van der Waals surface area contributed by atoms with Crippen LogP contribution in [0.3, 0.4) is 0 Å². The van der Waals surface area contributed by atoms with Gasteiger partial charge in [-0.3, -0.25) is 9.59 Å². The van der Waals surface area contributed by atoms with Gasteiger partial charge in [0.15, 0.2) is 0 Å². The Bertz CT molecular complexity index is 617. The minimum absolute atomic E-state index is 0.0309. The lowest BCUT2D eigenvalue weighted by atomic mass is 9.88. The molecule has 0 unspecified atom stereocenters. The molecule has 0 heterocycles. The molecule has 1 aromatic carbocycles. The van der Waals surface area contributed by atoms with Gasteiger partial charge in [0.25, 0.3) is 5.91 Å². The predicted molar refractivity (Wildman–Crippen MR) is 97.4 cm³/mol. The number of anilines is 1. The van der Waals surface area contributed by atoms with Crippen molar-refractivity contribution < 1.29 is 14.7 Å². The van der Waals surface area contributed by atoms with Gasteiger partial charge in [0.2, 0.25) is 5.91 Å². The molecule has 0 bridgehead atoms.